The lowest BCUT2D eigenvalue weighted by Gasteiger charge is -2.23. The summed E-state index contributed by atoms with van der Waals surface area (Å²) in [5.74, 6) is 1.37. The molecule has 0 aliphatic rings. The molecule has 0 aromatic heterocycles. The lowest BCUT2D eigenvalue weighted by Crippen LogP contribution is -2.35. The summed E-state index contributed by atoms with van der Waals surface area (Å²) in [4.78, 5) is 0. The van der Waals surface area contributed by atoms with Crippen molar-refractivity contribution in [2.24, 2.45) is 5.92 Å². The number of methoxy groups -OCH3 is 1. The Kier molecular flexibility index (Phi) is 7.29. The van der Waals surface area contributed by atoms with Crippen LogP contribution in [0.3, 0.4) is 0 Å². The molecule has 0 heterocycles. The Morgan fingerprint density at radius 2 is 1.67 bits per heavy atom. The molecular weight excluding hydrogens is 298 g/mol. The topological polar surface area (TPSA) is 41.5 Å². The average Bonchev–Trinajstić information content (AvgIpc) is 2.64. The summed E-state index contributed by atoms with van der Waals surface area (Å²) in [7, 11) is 1.65. The summed E-state index contributed by atoms with van der Waals surface area (Å²) in [5.41, 5.74) is 2.29. The van der Waals surface area contributed by atoms with Crippen LogP contribution < -0.4 is 10.1 Å². The van der Waals surface area contributed by atoms with E-state index in [0.717, 1.165) is 30.7 Å². The molecule has 3 heteroatoms. The maximum atomic E-state index is 10.5. The zero-order valence-electron chi connectivity index (χ0n) is 14.9. The van der Waals surface area contributed by atoms with Crippen molar-refractivity contribution in [1.82, 2.24) is 5.32 Å². The molecular formula is C21H29NO2. The first kappa shape index (κ1) is 18.5. The van der Waals surface area contributed by atoms with E-state index >= 15 is 0 Å². The number of hydrogen-bond acceptors (Lipinski definition) is 3. The Morgan fingerprint density at radius 1 is 1.00 bits per heavy atom. The van der Waals surface area contributed by atoms with Gasteiger partial charge in [0.1, 0.15) is 5.75 Å². The number of rotatable bonds is 9. The standard InChI is InChI=1S/C21H29NO2/c1-16(9-10-18-7-5-4-6-8-18)15-22-17(2)21(23)19-11-13-20(24-3)14-12-19/h4-8,11-14,16-17,21-23H,9-10,15H2,1-3H3/t16-,17+,21-/m1/s1. The van der Waals surface area contributed by atoms with Gasteiger partial charge < -0.3 is 15.2 Å². The quantitative estimate of drug-likeness (QED) is 0.732. The van der Waals surface area contributed by atoms with Gasteiger partial charge in [0.25, 0.3) is 0 Å². The van der Waals surface area contributed by atoms with E-state index in [0.29, 0.717) is 5.92 Å². The highest BCUT2D eigenvalue weighted by Gasteiger charge is 2.16. The van der Waals surface area contributed by atoms with Crippen molar-refractivity contribution in [3.05, 3.63) is 65.7 Å². The number of aryl methyl sites for hydroxylation is 1. The van der Waals surface area contributed by atoms with Gasteiger partial charge in [0, 0.05) is 6.04 Å². The van der Waals surface area contributed by atoms with E-state index in [4.69, 9.17) is 4.74 Å². The molecule has 2 aromatic rings. The first-order valence-corrected chi connectivity index (χ1v) is 8.69. The maximum absolute atomic E-state index is 10.5. The number of hydrogen-bond donors (Lipinski definition) is 2. The second kappa shape index (κ2) is 9.45. The number of nitrogens with one attached hydrogen (secondary N) is 1. The molecule has 3 nitrogen and oxygen atoms in total. The third kappa shape index (κ3) is 5.66. The van der Waals surface area contributed by atoms with Gasteiger partial charge in [-0.25, -0.2) is 0 Å². The van der Waals surface area contributed by atoms with Crippen molar-refractivity contribution >= 4 is 0 Å². The molecule has 0 spiro atoms. The predicted octanol–water partition coefficient (Wildman–Crippen LogP) is 3.98. The van der Waals surface area contributed by atoms with Crippen molar-refractivity contribution in [2.75, 3.05) is 13.7 Å². The van der Waals surface area contributed by atoms with Crippen LogP contribution in [0.4, 0.5) is 0 Å². The second-order valence-electron chi connectivity index (χ2n) is 6.54. The molecule has 0 bridgehead atoms. The lowest BCUT2D eigenvalue weighted by molar-refractivity contribution is 0.133. The highest BCUT2D eigenvalue weighted by molar-refractivity contribution is 5.29. The summed E-state index contributed by atoms with van der Waals surface area (Å²) in [5, 5.41) is 13.9. The van der Waals surface area contributed by atoms with Crippen LogP contribution in [-0.4, -0.2) is 24.8 Å². The predicted molar refractivity (Wildman–Crippen MR) is 99.3 cm³/mol. The van der Waals surface area contributed by atoms with Gasteiger partial charge in [0.2, 0.25) is 0 Å². The van der Waals surface area contributed by atoms with Gasteiger partial charge in [-0.2, -0.15) is 0 Å². The van der Waals surface area contributed by atoms with E-state index in [2.05, 4.69) is 42.6 Å². The van der Waals surface area contributed by atoms with E-state index in [1.165, 1.54) is 5.56 Å². The molecule has 130 valence electrons. The van der Waals surface area contributed by atoms with Crippen molar-refractivity contribution in [3.8, 4) is 5.75 Å². The van der Waals surface area contributed by atoms with E-state index in [1.54, 1.807) is 7.11 Å². The Labute approximate surface area is 145 Å². The summed E-state index contributed by atoms with van der Waals surface area (Å²) < 4.78 is 5.15. The smallest absolute Gasteiger partial charge is 0.118 e. The molecule has 2 rings (SSSR count). The summed E-state index contributed by atoms with van der Waals surface area (Å²) in [6.07, 6.45) is 1.72. The molecule has 0 saturated heterocycles. The highest BCUT2D eigenvalue weighted by Crippen LogP contribution is 2.20. The Balaban J connectivity index is 1.75. The average molecular weight is 327 g/mol. The first-order valence-electron chi connectivity index (χ1n) is 8.69. The number of benzene rings is 2. The summed E-state index contributed by atoms with van der Waals surface area (Å²) in [6.45, 7) is 5.18. The van der Waals surface area contributed by atoms with Gasteiger partial charge in [-0.05, 0) is 55.5 Å². The molecule has 0 saturated carbocycles. The number of ether oxygens (including phenoxy) is 1. The molecule has 0 fully saturated rings. The fraction of sp³-hybridized carbons (Fsp3) is 0.429. The van der Waals surface area contributed by atoms with Gasteiger partial charge in [0.05, 0.1) is 13.2 Å². The van der Waals surface area contributed by atoms with Crippen LogP contribution >= 0.6 is 0 Å². The van der Waals surface area contributed by atoms with Crippen molar-refractivity contribution in [1.29, 1.82) is 0 Å². The van der Waals surface area contributed by atoms with Crippen LogP contribution in [0.5, 0.6) is 5.75 Å². The fourth-order valence-electron chi connectivity index (χ4n) is 2.75. The van der Waals surface area contributed by atoms with Gasteiger partial charge in [0.15, 0.2) is 0 Å². The molecule has 0 aliphatic heterocycles. The largest absolute Gasteiger partial charge is 0.497 e. The van der Waals surface area contributed by atoms with Crippen molar-refractivity contribution in [3.63, 3.8) is 0 Å². The van der Waals surface area contributed by atoms with E-state index in [1.807, 2.05) is 31.2 Å². The molecule has 2 N–H and O–H groups in total. The van der Waals surface area contributed by atoms with Crippen molar-refractivity contribution < 1.29 is 9.84 Å². The summed E-state index contributed by atoms with van der Waals surface area (Å²) >= 11 is 0. The molecule has 3 atom stereocenters. The molecule has 0 radical (unpaired) electrons. The van der Waals surface area contributed by atoms with Gasteiger partial charge in [-0.3, -0.25) is 0 Å². The summed E-state index contributed by atoms with van der Waals surface area (Å²) in [6, 6.07) is 18.2. The zero-order chi connectivity index (χ0) is 17.4. The SMILES string of the molecule is COc1ccc([C@H](O)[C@H](C)NC[C@H](C)CCc2ccccc2)cc1. The highest BCUT2D eigenvalue weighted by atomic mass is 16.5. The second-order valence-corrected chi connectivity index (χ2v) is 6.54. The van der Waals surface area contributed by atoms with Crippen LogP contribution in [0.2, 0.25) is 0 Å². The Morgan fingerprint density at radius 3 is 2.29 bits per heavy atom. The Bertz CT molecular complexity index is 583. The minimum Gasteiger partial charge on any atom is -0.497 e. The van der Waals surface area contributed by atoms with Gasteiger partial charge >= 0.3 is 0 Å². The Hall–Kier alpha value is -1.84. The van der Waals surface area contributed by atoms with Crippen LogP contribution in [0.15, 0.2) is 54.6 Å². The van der Waals surface area contributed by atoms with Crippen LogP contribution in [-0.2, 0) is 6.42 Å². The van der Waals surface area contributed by atoms with E-state index in [9.17, 15) is 5.11 Å². The van der Waals surface area contributed by atoms with E-state index in [-0.39, 0.29) is 6.04 Å². The monoisotopic (exact) mass is 327 g/mol. The van der Waals surface area contributed by atoms with Gasteiger partial charge in [-0.15, -0.1) is 0 Å². The number of aliphatic hydroxyl groups excluding tert-OH is 1. The van der Waals surface area contributed by atoms with Crippen LogP contribution in [0.1, 0.15) is 37.5 Å². The molecule has 0 amide bonds. The molecule has 2 aromatic carbocycles. The number of aliphatic hydroxyl groups is 1. The van der Waals surface area contributed by atoms with E-state index < -0.39 is 6.10 Å². The van der Waals surface area contributed by atoms with Gasteiger partial charge in [-0.1, -0.05) is 49.4 Å². The fourth-order valence-corrected chi connectivity index (χ4v) is 2.75. The zero-order valence-corrected chi connectivity index (χ0v) is 14.9. The molecule has 0 unspecified atom stereocenters. The van der Waals surface area contributed by atoms with Crippen molar-refractivity contribution in [2.45, 2.75) is 38.8 Å². The minimum atomic E-state index is -0.516. The molecule has 0 aliphatic carbocycles. The minimum absolute atomic E-state index is 0.0116. The molecule has 24 heavy (non-hydrogen) atoms. The maximum Gasteiger partial charge on any atom is 0.118 e. The third-order valence-electron chi connectivity index (χ3n) is 4.49. The normalized spacial score (nSPS) is 14.8. The third-order valence-corrected chi connectivity index (χ3v) is 4.49. The lowest BCUT2D eigenvalue weighted by atomic mass is 9.99. The van der Waals surface area contributed by atoms with Crippen LogP contribution in [0, 0.1) is 5.92 Å². The van der Waals surface area contributed by atoms with Crippen LogP contribution in [0.25, 0.3) is 0 Å². The first-order chi connectivity index (χ1) is 11.6.